The van der Waals surface area contributed by atoms with E-state index < -0.39 is 0 Å². The van der Waals surface area contributed by atoms with Crippen LogP contribution in [0.3, 0.4) is 0 Å². The molecular formula is C13H25N3O. The highest BCUT2D eigenvalue weighted by Crippen LogP contribution is 2.24. The lowest BCUT2D eigenvalue weighted by Gasteiger charge is -2.29. The standard InChI is InChI=1S/C13H25N3O/c1-5-13(6-2,9-17)8-14-7-12-10(3)15-16-11(12)4/h14,17H,5-9H2,1-4H3,(H,15,16). The van der Waals surface area contributed by atoms with E-state index in [2.05, 4.69) is 29.4 Å². The van der Waals surface area contributed by atoms with Crippen LogP contribution in [-0.2, 0) is 6.54 Å². The lowest BCUT2D eigenvalue weighted by atomic mass is 9.83. The average Bonchev–Trinajstić information content (AvgIpc) is 2.66. The van der Waals surface area contributed by atoms with Gasteiger partial charge in [0.25, 0.3) is 0 Å². The van der Waals surface area contributed by atoms with Gasteiger partial charge in [-0.05, 0) is 26.7 Å². The molecule has 0 saturated heterocycles. The summed E-state index contributed by atoms with van der Waals surface area (Å²) >= 11 is 0. The summed E-state index contributed by atoms with van der Waals surface area (Å²) in [5.41, 5.74) is 3.44. The van der Waals surface area contributed by atoms with Gasteiger partial charge in [0, 0.05) is 36.4 Å². The van der Waals surface area contributed by atoms with E-state index in [9.17, 15) is 5.11 Å². The zero-order valence-electron chi connectivity index (χ0n) is 11.4. The lowest BCUT2D eigenvalue weighted by molar-refractivity contribution is 0.113. The second kappa shape index (κ2) is 6.17. The highest BCUT2D eigenvalue weighted by Gasteiger charge is 2.24. The minimum atomic E-state index is 0.0194. The Bertz CT molecular complexity index is 315. The molecule has 3 N–H and O–H groups in total. The van der Waals surface area contributed by atoms with Crippen LogP contribution in [-0.4, -0.2) is 28.5 Å². The van der Waals surface area contributed by atoms with Crippen molar-refractivity contribution in [1.29, 1.82) is 0 Å². The van der Waals surface area contributed by atoms with Crippen LogP contribution in [0.5, 0.6) is 0 Å². The van der Waals surface area contributed by atoms with Gasteiger partial charge in [-0.3, -0.25) is 5.10 Å². The minimum absolute atomic E-state index is 0.0194. The Morgan fingerprint density at radius 1 is 1.29 bits per heavy atom. The fourth-order valence-corrected chi connectivity index (χ4v) is 2.07. The van der Waals surface area contributed by atoms with Crippen molar-refractivity contribution in [3.05, 3.63) is 17.0 Å². The SMILES string of the molecule is CCC(CC)(CO)CNCc1c(C)n[nH]c1C. The minimum Gasteiger partial charge on any atom is -0.396 e. The quantitative estimate of drug-likeness (QED) is 0.681. The first-order valence-electron chi connectivity index (χ1n) is 6.40. The molecule has 4 heteroatoms. The van der Waals surface area contributed by atoms with Crippen molar-refractivity contribution in [2.24, 2.45) is 5.41 Å². The molecule has 0 aliphatic heterocycles. The molecule has 98 valence electrons. The Balaban J connectivity index is 2.52. The summed E-state index contributed by atoms with van der Waals surface area (Å²) in [7, 11) is 0. The molecule has 1 aromatic rings. The average molecular weight is 239 g/mol. The van der Waals surface area contributed by atoms with Gasteiger partial charge in [-0.1, -0.05) is 13.8 Å². The van der Waals surface area contributed by atoms with E-state index in [0.29, 0.717) is 0 Å². The highest BCUT2D eigenvalue weighted by atomic mass is 16.3. The van der Waals surface area contributed by atoms with Gasteiger partial charge >= 0.3 is 0 Å². The summed E-state index contributed by atoms with van der Waals surface area (Å²) in [4.78, 5) is 0. The Labute approximate surface area is 104 Å². The van der Waals surface area contributed by atoms with Crippen molar-refractivity contribution < 1.29 is 5.11 Å². The number of nitrogens with one attached hydrogen (secondary N) is 2. The van der Waals surface area contributed by atoms with E-state index in [1.807, 2.05) is 13.8 Å². The Hall–Kier alpha value is -0.870. The van der Waals surface area contributed by atoms with Crippen molar-refractivity contribution >= 4 is 0 Å². The zero-order chi connectivity index (χ0) is 12.9. The summed E-state index contributed by atoms with van der Waals surface area (Å²) in [5, 5.41) is 20.1. The van der Waals surface area contributed by atoms with Crippen molar-refractivity contribution in [3.8, 4) is 0 Å². The van der Waals surface area contributed by atoms with E-state index >= 15 is 0 Å². The topological polar surface area (TPSA) is 60.9 Å². The molecule has 0 radical (unpaired) electrons. The van der Waals surface area contributed by atoms with E-state index in [-0.39, 0.29) is 12.0 Å². The molecule has 0 aliphatic rings. The van der Waals surface area contributed by atoms with Crippen molar-refractivity contribution in [2.75, 3.05) is 13.2 Å². The Morgan fingerprint density at radius 3 is 2.35 bits per heavy atom. The number of rotatable bonds is 7. The summed E-state index contributed by atoms with van der Waals surface area (Å²) in [6, 6.07) is 0. The smallest absolute Gasteiger partial charge is 0.0638 e. The zero-order valence-corrected chi connectivity index (χ0v) is 11.4. The maximum absolute atomic E-state index is 9.48. The third kappa shape index (κ3) is 3.30. The molecule has 0 aliphatic carbocycles. The lowest BCUT2D eigenvalue weighted by Crippen LogP contribution is -2.36. The van der Waals surface area contributed by atoms with E-state index in [1.165, 1.54) is 5.56 Å². The van der Waals surface area contributed by atoms with Gasteiger partial charge in [-0.2, -0.15) is 5.10 Å². The van der Waals surface area contributed by atoms with Crippen LogP contribution in [0.25, 0.3) is 0 Å². The predicted molar refractivity (Wildman–Crippen MR) is 69.9 cm³/mol. The van der Waals surface area contributed by atoms with Crippen LogP contribution < -0.4 is 5.32 Å². The number of aromatic nitrogens is 2. The summed E-state index contributed by atoms with van der Waals surface area (Å²) < 4.78 is 0. The van der Waals surface area contributed by atoms with Crippen LogP contribution in [0.15, 0.2) is 0 Å². The first kappa shape index (κ1) is 14.2. The number of aryl methyl sites for hydroxylation is 2. The fourth-order valence-electron chi connectivity index (χ4n) is 2.07. The highest BCUT2D eigenvalue weighted by molar-refractivity contribution is 5.22. The molecule has 0 fully saturated rings. The number of nitrogens with zero attached hydrogens (tertiary/aromatic N) is 1. The molecule has 0 unspecified atom stereocenters. The Morgan fingerprint density at radius 2 is 1.94 bits per heavy atom. The van der Waals surface area contributed by atoms with Crippen molar-refractivity contribution in [1.82, 2.24) is 15.5 Å². The molecule has 0 aromatic carbocycles. The van der Waals surface area contributed by atoms with Gasteiger partial charge in [0.15, 0.2) is 0 Å². The number of aromatic amines is 1. The van der Waals surface area contributed by atoms with Crippen molar-refractivity contribution in [2.45, 2.75) is 47.1 Å². The van der Waals surface area contributed by atoms with Gasteiger partial charge in [0.1, 0.15) is 0 Å². The van der Waals surface area contributed by atoms with Gasteiger partial charge in [-0.15, -0.1) is 0 Å². The molecule has 0 saturated carbocycles. The monoisotopic (exact) mass is 239 g/mol. The first-order valence-corrected chi connectivity index (χ1v) is 6.40. The molecular weight excluding hydrogens is 214 g/mol. The van der Waals surface area contributed by atoms with Crippen LogP contribution in [0.2, 0.25) is 0 Å². The maximum Gasteiger partial charge on any atom is 0.0638 e. The molecule has 0 amide bonds. The molecule has 1 rings (SSSR count). The number of aliphatic hydroxyl groups excluding tert-OH is 1. The fraction of sp³-hybridized carbons (Fsp3) is 0.769. The second-order valence-corrected chi connectivity index (χ2v) is 4.88. The predicted octanol–water partition coefficient (Wildman–Crippen LogP) is 1.91. The third-order valence-corrected chi connectivity index (χ3v) is 3.92. The maximum atomic E-state index is 9.48. The van der Waals surface area contributed by atoms with Crippen LogP contribution in [0, 0.1) is 19.3 Å². The summed E-state index contributed by atoms with van der Waals surface area (Å²) in [5.74, 6) is 0. The Kier molecular flexibility index (Phi) is 5.15. The van der Waals surface area contributed by atoms with Crippen LogP contribution in [0.1, 0.15) is 43.6 Å². The largest absolute Gasteiger partial charge is 0.396 e. The molecule has 0 atom stereocenters. The van der Waals surface area contributed by atoms with Crippen LogP contribution in [0.4, 0.5) is 0 Å². The normalized spacial score (nSPS) is 12.1. The van der Waals surface area contributed by atoms with Gasteiger partial charge in [-0.25, -0.2) is 0 Å². The van der Waals surface area contributed by atoms with Crippen molar-refractivity contribution in [3.63, 3.8) is 0 Å². The third-order valence-electron chi connectivity index (χ3n) is 3.92. The molecule has 1 heterocycles. The van der Waals surface area contributed by atoms with E-state index in [0.717, 1.165) is 37.3 Å². The van der Waals surface area contributed by atoms with Crippen LogP contribution >= 0.6 is 0 Å². The molecule has 17 heavy (non-hydrogen) atoms. The number of hydrogen-bond donors (Lipinski definition) is 3. The molecule has 4 nitrogen and oxygen atoms in total. The van der Waals surface area contributed by atoms with E-state index in [4.69, 9.17) is 0 Å². The first-order chi connectivity index (χ1) is 8.08. The van der Waals surface area contributed by atoms with Gasteiger partial charge in [0.05, 0.1) is 5.69 Å². The number of hydrogen-bond acceptors (Lipinski definition) is 3. The second-order valence-electron chi connectivity index (χ2n) is 4.88. The van der Waals surface area contributed by atoms with E-state index in [1.54, 1.807) is 0 Å². The summed E-state index contributed by atoms with van der Waals surface area (Å²) in [6.07, 6.45) is 1.99. The molecule has 1 aromatic heterocycles. The molecule has 0 bridgehead atoms. The number of H-pyrrole nitrogens is 1. The van der Waals surface area contributed by atoms with Gasteiger partial charge in [0.2, 0.25) is 0 Å². The molecule has 0 spiro atoms. The van der Waals surface area contributed by atoms with Gasteiger partial charge < -0.3 is 10.4 Å². The summed E-state index contributed by atoms with van der Waals surface area (Å²) in [6.45, 7) is 10.2. The number of aliphatic hydroxyl groups is 1.